The fourth-order valence-corrected chi connectivity index (χ4v) is 7.63. The second-order valence-electron chi connectivity index (χ2n) is 18.3. The molecule has 2 fully saturated rings. The molecular formula is C46H58FN9O7. The quantitative estimate of drug-likeness (QED) is 0.101. The van der Waals surface area contributed by atoms with Gasteiger partial charge in [-0.05, 0) is 144 Å². The monoisotopic (exact) mass is 867 g/mol. The Morgan fingerprint density at radius 3 is 2.06 bits per heavy atom. The molecule has 1 saturated carbocycles. The van der Waals surface area contributed by atoms with Crippen molar-refractivity contribution in [3.05, 3.63) is 83.7 Å². The van der Waals surface area contributed by atoms with Gasteiger partial charge in [0.2, 0.25) is 17.6 Å². The van der Waals surface area contributed by atoms with Crippen LogP contribution in [0.3, 0.4) is 0 Å². The highest BCUT2D eigenvalue weighted by atomic mass is 19.1. The van der Waals surface area contributed by atoms with E-state index in [1.54, 1.807) is 35.2 Å². The number of piperidine rings is 1. The predicted octanol–water partition coefficient (Wildman–Crippen LogP) is 6.80. The molecule has 1 aliphatic carbocycles. The van der Waals surface area contributed by atoms with Crippen LogP contribution in [0.2, 0.25) is 0 Å². The van der Waals surface area contributed by atoms with Gasteiger partial charge in [0.05, 0.1) is 5.56 Å². The summed E-state index contributed by atoms with van der Waals surface area (Å²) in [5.41, 5.74) is 2.03. The van der Waals surface area contributed by atoms with Crippen LogP contribution in [0.4, 0.5) is 19.7 Å². The molecule has 1 aliphatic heterocycles. The van der Waals surface area contributed by atoms with Crippen molar-refractivity contribution >= 4 is 35.6 Å². The zero-order valence-corrected chi connectivity index (χ0v) is 36.8. The van der Waals surface area contributed by atoms with E-state index in [0.717, 1.165) is 24.0 Å². The second kappa shape index (κ2) is 20.2. The molecule has 1 atom stereocenters. The van der Waals surface area contributed by atoms with E-state index in [1.165, 1.54) is 12.1 Å². The first-order valence-electron chi connectivity index (χ1n) is 21.5. The van der Waals surface area contributed by atoms with Gasteiger partial charge in [0.25, 0.3) is 5.91 Å². The maximum Gasteiger partial charge on any atom is 0.410 e. The largest absolute Gasteiger partial charge is 0.444 e. The lowest BCUT2D eigenvalue weighted by atomic mass is 9.81. The lowest BCUT2D eigenvalue weighted by Crippen LogP contribution is -2.48. The van der Waals surface area contributed by atoms with Gasteiger partial charge in [-0.2, -0.15) is 5.21 Å². The van der Waals surface area contributed by atoms with Crippen LogP contribution < -0.4 is 21.3 Å². The number of rotatable bonds is 12. The SMILES string of the molecule is CC(C)(C)OC(=O)NCC1CCC(C(=O)NC(Cc2ccc(-c3ccc(F)c(C(=O)NC4CCN(C(=O)OC(C)(C)C)CC4)c3)cc2)C(=O)Nc2ccc(-c3nn[nH]n3)cc2)CC1. The fourth-order valence-electron chi connectivity index (χ4n) is 7.63. The minimum absolute atomic E-state index is 0.0933. The summed E-state index contributed by atoms with van der Waals surface area (Å²) in [7, 11) is 0. The number of halogens is 1. The third kappa shape index (κ3) is 13.5. The van der Waals surface area contributed by atoms with Crippen LogP contribution in [-0.2, 0) is 25.5 Å². The first kappa shape index (κ1) is 46.1. The standard InChI is InChI=1S/C46H58FN9O7/c1-45(2,3)62-43(60)48-27-29-9-13-32(14-10-29)40(57)51-38(42(59)50-34-18-15-31(16-19-34)39-52-54-55-53-39)25-28-7-11-30(12-8-28)33-17-20-37(47)36(26-33)41(58)49-35-21-23-56(24-22-35)44(61)63-46(4,5)6/h7-8,11-12,15-20,26,29,32,35,38H,9-10,13-14,21-25,27H2,1-6H3,(H,48,60)(H,49,58)(H,50,59)(H,51,57)(H,52,53,54,55). The normalized spacial score (nSPS) is 17.5. The minimum atomic E-state index is -0.927. The summed E-state index contributed by atoms with van der Waals surface area (Å²) >= 11 is 0. The second-order valence-corrected chi connectivity index (χ2v) is 18.3. The predicted molar refractivity (Wildman–Crippen MR) is 234 cm³/mol. The molecule has 0 radical (unpaired) electrons. The molecule has 1 unspecified atom stereocenters. The van der Waals surface area contributed by atoms with Crippen molar-refractivity contribution in [3.63, 3.8) is 0 Å². The van der Waals surface area contributed by atoms with Crippen molar-refractivity contribution in [2.75, 3.05) is 25.0 Å². The van der Waals surface area contributed by atoms with E-state index in [2.05, 4.69) is 41.9 Å². The molecule has 1 saturated heterocycles. The van der Waals surface area contributed by atoms with E-state index >= 15 is 4.39 Å². The first-order chi connectivity index (χ1) is 29.9. The van der Waals surface area contributed by atoms with Crippen LogP contribution in [-0.4, -0.2) is 98.4 Å². The number of hydrogen-bond donors (Lipinski definition) is 5. The van der Waals surface area contributed by atoms with Gasteiger partial charge >= 0.3 is 12.2 Å². The molecule has 2 heterocycles. The third-order valence-electron chi connectivity index (χ3n) is 11.0. The van der Waals surface area contributed by atoms with E-state index in [9.17, 15) is 24.0 Å². The molecule has 4 aromatic rings. The van der Waals surface area contributed by atoms with Crippen LogP contribution in [0, 0.1) is 17.7 Å². The molecule has 5 N–H and O–H groups in total. The summed E-state index contributed by atoms with van der Waals surface area (Å²) in [4.78, 5) is 67.2. The summed E-state index contributed by atoms with van der Waals surface area (Å²) < 4.78 is 25.9. The van der Waals surface area contributed by atoms with Crippen molar-refractivity contribution < 1.29 is 37.8 Å². The zero-order chi connectivity index (χ0) is 45.3. The highest BCUT2D eigenvalue weighted by molar-refractivity contribution is 5.98. The number of nitrogens with one attached hydrogen (secondary N) is 5. The van der Waals surface area contributed by atoms with Gasteiger partial charge in [0, 0.05) is 49.3 Å². The Morgan fingerprint density at radius 2 is 1.44 bits per heavy atom. The van der Waals surface area contributed by atoms with E-state index in [1.807, 2.05) is 65.8 Å². The number of amides is 5. The Hall–Kier alpha value is -6.39. The maximum atomic E-state index is 15.1. The lowest BCUT2D eigenvalue weighted by molar-refractivity contribution is -0.130. The molecule has 5 amide bonds. The Labute approximate surface area is 366 Å². The number of likely N-dealkylation sites (tertiary alicyclic amines) is 1. The van der Waals surface area contributed by atoms with E-state index in [0.29, 0.717) is 68.0 Å². The third-order valence-corrected chi connectivity index (χ3v) is 11.0. The number of nitrogens with zero attached hydrogens (tertiary/aromatic N) is 4. The summed E-state index contributed by atoms with van der Waals surface area (Å²) in [6, 6.07) is 17.5. The van der Waals surface area contributed by atoms with Gasteiger partial charge in [0.1, 0.15) is 23.1 Å². The molecule has 0 spiro atoms. The van der Waals surface area contributed by atoms with Crippen molar-refractivity contribution in [1.29, 1.82) is 0 Å². The van der Waals surface area contributed by atoms with Gasteiger partial charge in [-0.15, -0.1) is 10.2 Å². The summed E-state index contributed by atoms with van der Waals surface area (Å²) in [6.45, 7) is 12.1. The molecular weight excluding hydrogens is 810 g/mol. The maximum absolute atomic E-state index is 15.1. The number of alkyl carbamates (subject to hydrolysis) is 1. The van der Waals surface area contributed by atoms with Crippen molar-refractivity contribution in [3.8, 4) is 22.5 Å². The minimum Gasteiger partial charge on any atom is -0.444 e. The molecule has 2 aliphatic rings. The van der Waals surface area contributed by atoms with E-state index in [4.69, 9.17) is 9.47 Å². The average Bonchev–Trinajstić information content (AvgIpc) is 3.78. The molecule has 3 aromatic carbocycles. The Bertz CT molecular complexity index is 2210. The topological polar surface area (TPSA) is 210 Å². The molecule has 336 valence electrons. The number of hydrogen-bond acceptors (Lipinski definition) is 10. The molecule has 17 heteroatoms. The number of carbonyl (C=O) groups is 5. The molecule has 1 aromatic heterocycles. The van der Waals surface area contributed by atoms with Crippen molar-refractivity contribution in [1.82, 2.24) is 41.5 Å². The Balaban J connectivity index is 1.09. The molecule has 0 bridgehead atoms. The smallest absolute Gasteiger partial charge is 0.410 e. The van der Waals surface area contributed by atoms with Gasteiger partial charge in [0.15, 0.2) is 0 Å². The van der Waals surface area contributed by atoms with E-state index < -0.39 is 47.1 Å². The number of aromatic nitrogens is 4. The van der Waals surface area contributed by atoms with Crippen molar-refractivity contribution in [2.45, 2.75) is 110 Å². The number of benzene rings is 3. The number of H-pyrrole nitrogens is 1. The Morgan fingerprint density at radius 1 is 0.810 bits per heavy atom. The van der Waals surface area contributed by atoms with Crippen LogP contribution in [0.25, 0.3) is 22.5 Å². The number of ether oxygens (including phenoxy) is 2. The van der Waals surface area contributed by atoms with Gasteiger partial charge in [-0.3, -0.25) is 14.4 Å². The number of aromatic amines is 1. The summed E-state index contributed by atoms with van der Waals surface area (Å²) in [6.07, 6.45) is 3.03. The average molecular weight is 868 g/mol. The van der Waals surface area contributed by atoms with Crippen LogP contribution in [0.1, 0.15) is 96.0 Å². The van der Waals surface area contributed by atoms with Gasteiger partial charge in [-0.1, -0.05) is 30.3 Å². The summed E-state index contributed by atoms with van der Waals surface area (Å²) in [5, 5.41) is 25.7. The van der Waals surface area contributed by atoms with E-state index in [-0.39, 0.29) is 35.8 Å². The highest BCUT2D eigenvalue weighted by Crippen LogP contribution is 2.30. The number of tetrazole rings is 1. The summed E-state index contributed by atoms with van der Waals surface area (Å²) in [5.74, 6) is -1.50. The van der Waals surface area contributed by atoms with Crippen LogP contribution in [0.5, 0.6) is 0 Å². The Kier molecular flexibility index (Phi) is 14.8. The highest BCUT2D eigenvalue weighted by Gasteiger charge is 2.31. The lowest BCUT2D eigenvalue weighted by Gasteiger charge is -2.33. The molecule has 63 heavy (non-hydrogen) atoms. The number of anilines is 1. The van der Waals surface area contributed by atoms with Gasteiger partial charge < -0.3 is 35.6 Å². The van der Waals surface area contributed by atoms with Crippen LogP contribution in [0.15, 0.2) is 66.7 Å². The molecule has 16 nitrogen and oxygen atoms in total. The first-order valence-corrected chi connectivity index (χ1v) is 21.5. The fraction of sp³-hybridized carbons (Fsp3) is 0.478. The number of carbonyl (C=O) groups excluding carboxylic acids is 5. The van der Waals surface area contributed by atoms with Crippen LogP contribution >= 0.6 is 0 Å². The molecule has 6 rings (SSSR count). The zero-order valence-electron chi connectivity index (χ0n) is 36.8. The van der Waals surface area contributed by atoms with Crippen molar-refractivity contribution in [2.24, 2.45) is 11.8 Å². The van der Waals surface area contributed by atoms with Gasteiger partial charge in [-0.25, -0.2) is 14.0 Å².